The van der Waals surface area contributed by atoms with Gasteiger partial charge >= 0.3 is 5.97 Å². The highest BCUT2D eigenvalue weighted by atomic mass is 16.4. The first-order valence-electron chi connectivity index (χ1n) is 4.66. The van der Waals surface area contributed by atoms with E-state index < -0.39 is 5.97 Å². The van der Waals surface area contributed by atoms with E-state index in [4.69, 9.17) is 5.11 Å². The molecule has 1 aliphatic carbocycles. The fourth-order valence-electron chi connectivity index (χ4n) is 2.02. The van der Waals surface area contributed by atoms with Gasteiger partial charge in [0.1, 0.15) is 0 Å². The van der Waals surface area contributed by atoms with Gasteiger partial charge in [-0.15, -0.1) is 6.58 Å². The second kappa shape index (κ2) is 4.26. The molecule has 2 unspecified atom stereocenters. The lowest BCUT2D eigenvalue weighted by Gasteiger charge is -2.11. The monoisotopic (exact) mass is 180 g/mol. The molecule has 0 aromatic carbocycles. The summed E-state index contributed by atoms with van der Waals surface area (Å²) in [5.41, 5.74) is 1.11. The van der Waals surface area contributed by atoms with E-state index in [1.165, 1.54) is 0 Å². The van der Waals surface area contributed by atoms with Crippen LogP contribution in [0.2, 0.25) is 0 Å². The average Bonchev–Trinajstić information content (AvgIpc) is 2.36. The van der Waals surface area contributed by atoms with Crippen molar-refractivity contribution in [2.24, 2.45) is 11.8 Å². The molecule has 0 amide bonds. The van der Waals surface area contributed by atoms with Crippen LogP contribution in [-0.2, 0) is 4.79 Å². The van der Waals surface area contributed by atoms with E-state index in [0.717, 1.165) is 24.8 Å². The molecule has 0 spiro atoms. The first kappa shape index (κ1) is 10.0. The summed E-state index contributed by atoms with van der Waals surface area (Å²) >= 11 is 0. The Kier molecular flexibility index (Phi) is 3.29. The highest BCUT2D eigenvalue weighted by Gasteiger charge is 2.29. The Morgan fingerprint density at radius 2 is 2.15 bits per heavy atom. The maximum Gasteiger partial charge on any atom is 0.303 e. The number of carboxylic acid groups (broad SMARTS) is 1. The predicted molar refractivity (Wildman–Crippen MR) is 52.4 cm³/mol. The SMILES string of the molecule is C=CCC1CCC(CC(=O)O)C1=C. The zero-order chi connectivity index (χ0) is 9.84. The van der Waals surface area contributed by atoms with Crippen molar-refractivity contribution in [3.8, 4) is 0 Å². The number of carbonyl (C=O) groups is 1. The number of rotatable bonds is 4. The van der Waals surface area contributed by atoms with Crippen LogP contribution in [0.15, 0.2) is 24.8 Å². The Morgan fingerprint density at radius 3 is 2.69 bits per heavy atom. The Balaban J connectivity index is 2.49. The van der Waals surface area contributed by atoms with E-state index >= 15 is 0 Å². The number of hydrogen-bond donors (Lipinski definition) is 1. The minimum absolute atomic E-state index is 0.197. The summed E-state index contributed by atoms with van der Waals surface area (Å²) in [5.74, 6) is -0.0466. The van der Waals surface area contributed by atoms with Gasteiger partial charge in [0.25, 0.3) is 0 Å². The highest BCUT2D eigenvalue weighted by Crippen LogP contribution is 2.39. The molecule has 0 aromatic rings. The lowest BCUT2D eigenvalue weighted by atomic mass is 9.94. The van der Waals surface area contributed by atoms with Crippen LogP contribution in [0.25, 0.3) is 0 Å². The molecule has 0 bridgehead atoms. The van der Waals surface area contributed by atoms with Crippen molar-refractivity contribution in [1.82, 2.24) is 0 Å². The summed E-state index contributed by atoms with van der Waals surface area (Å²) in [4.78, 5) is 10.5. The van der Waals surface area contributed by atoms with Crippen LogP contribution < -0.4 is 0 Å². The van der Waals surface area contributed by atoms with Gasteiger partial charge < -0.3 is 5.11 Å². The van der Waals surface area contributed by atoms with Gasteiger partial charge in [-0.05, 0) is 31.1 Å². The molecule has 72 valence electrons. The van der Waals surface area contributed by atoms with Gasteiger partial charge in [0.05, 0.1) is 6.42 Å². The largest absolute Gasteiger partial charge is 0.481 e. The van der Waals surface area contributed by atoms with Crippen LogP contribution >= 0.6 is 0 Å². The zero-order valence-corrected chi connectivity index (χ0v) is 7.83. The summed E-state index contributed by atoms with van der Waals surface area (Å²) in [6.45, 7) is 7.66. The first-order chi connectivity index (χ1) is 6.15. The van der Waals surface area contributed by atoms with Crippen molar-refractivity contribution in [1.29, 1.82) is 0 Å². The Morgan fingerprint density at radius 1 is 1.54 bits per heavy atom. The third-order valence-electron chi connectivity index (χ3n) is 2.78. The Hall–Kier alpha value is -1.05. The molecule has 1 rings (SSSR count). The minimum atomic E-state index is -0.717. The minimum Gasteiger partial charge on any atom is -0.481 e. The fraction of sp³-hybridized carbons (Fsp3) is 0.545. The maximum atomic E-state index is 10.5. The van der Waals surface area contributed by atoms with Crippen molar-refractivity contribution < 1.29 is 9.90 Å². The van der Waals surface area contributed by atoms with Gasteiger partial charge in [0, 0.05) is 0 Å². The molecule has 0 aliphatic heterocycles. The zero-order valence-electron chi connectivity index (χ0n) is 7.83. The molecule has 2 heteroatoms. The van der Waals surface area contributed by atoms with Crippen LogP contribution in [0.1, 0.15) is 25.7 Å². The molecule has 1 N–H and O–H groups in total. The molecule has 2 nitrogen and oxygen atoms in total. The standard InChI is InChI=1S/C11H16O2/c1-3-4-9-5-6-10(8(9)2)7-11(12)13/h3,9-10H,1-2,4-7H2,(H,12,13). The molecular weight excluding hydrogens is 164 g/mol. The van der Waals surface area contributed by atoms with Crippen molar-refractivity contribution >= 4 is 5.97 Å². The number of allylic oxidation sites excluding steroid dienone is 2. The van der Waals surface area contributed by atoms with Crippen LogP contribution in [0.4, 0.5) is 0 Å². The molecule has 1 saturated carbocycles. The van der Waals surface area contributed by atoms with Crippen molar-refractivity contribution in [2.45, 2.75) is 25.7 Å². The van der Waals surface area contributed by atoms with Gasteiger partial charge in [-0.3, -0.25) is 4.79 Å². The van der Waals surface area contributed by atoms with Gasteiger partial charge in [0.2, 0.25) is 0 Å². The topological polar surface area (TPSA) is 37.3 Å². The molecule has 0 aromatic heterocycles. The third kappa shape index (κ3) is 2.44. The normalized spacial score (nSPS) is 27.5. The molecule has 0 radical (unpaired) electrons. The van der Waals surface area contributed by atoms with E-state index in [0.29, 0.717) is 5.92 Å². The van der Waals surface area contributed by atoms with Crippen LogP contribution in [0, 0.1) is 11.8 Å². The second-order valence-electron chi connectivity index (χ2n) is 3.67. The summed E-state index contributed by atoms with van der Waals surface area (Å²) < 4.78 is 0. The van der Waals surface area contributed by atoms with Gasteiger partial charge in [0.15, 0.2) is 0 Å². The van der Waals surface area contributed by atoms with Crippen molar-refractivity contribution in [3.63, 3.8) is 0 Å². The fourth-order valence-corrected chi connectivity index (χ4v) is 2.02. The lowest BCUT2D eigenvalue weighted by Crippen LogP contribution is -2.07. The highest BCUT2D eigenvalue weighted by molar-refractivity contribution is 5.67. The van der Waals surface area contributed by atoms with E-state index in [1.807, 2.05) is 6.08 Å². The molecule has 0 saturated heterocycles. The summed E-state index contributed by atoms with van der Waals surface area (Å²) in [6, 6.07) is 0. The molecule has 2 atom stereocenters. The molecule has 1 fully saturated rings. The van der Waals surface area contributed by atoms with Gasteiger partial charge in [-0.1, -0.05) is 18.2 Å². The van der Waals surface area contributed by atoms with E-state index in [-0.39, 0.29) is 12.3 Å². The molecule has 1 aliphatic rings. The Bertz CT molecular complexity index is 230. The van der Waals surface area contributed by atoms with Crippen LogP contribution in [0.5, 0.6) is 0 Å². The molecular formula is C11H16O2. The number of aliphatic carboxylic acids is 1. The summed E-state index contributed by atoms with van der Waals surface area (Å²) in [5, 5.41) is 8.65. The van der Waals surface area contributed by atoms with E-state index in [9.17, 15) is 4.79 Å². The van der Waals surface area contributed by atoms with Gasteiger partial charge in [-0.2, -0.15) is 0 Å². The lowest BCUT2D eigenvalue weighted by molar-refractivity contribution is -0.137. The molecule has 0 heterocycles. The first-order valence-corrected chi connectivity index (χ1v) is 4.66. The smallest absolute Gasteiger partial charge is 0.303 e. The van der Waals surface area contributed by atoms with Crippen molar-refractivity contribution in [3.05, 3.63) is 24.8 Å². The van der Waals surface area contributed by atoms with E-state index in [2.05, 4.69) is 13.2 Å². The number of carboxylic acids is 1. The molecule has 13 heavy (non-hydrogen) atoms. The Labute approximate surface area is 79.0 Å². The number of hydrogen-bond acceptors (Lipinski definition) is 1. The van der Waals surface area contributed by atoms with Crippen LogP contribution in [0.3, 0.4) is 0 Å². The predicted octanol–water partition coefficient (Wildman–Crippen LogP) is 2.62. The second-order valence-corrected chi connectivity index (χ2v) is 3.67. The summed E-state index contributed by atoms with van der Waals surface area (Å²) in [6.07, 6.45) is 5.12. The van der Waals surface area contributed by atoms with Crippen LogP contribution in [-0.4, -0.2) is 11.1 Å². The van der Waals surface area contributed by atoms with E-state index in [1.54, 1.807) is 0 Å². The van der Waals surface area contributed by atoms with Gasteiger partial charge in [-0.25, -0.2) is 0 Å². The third-order valence-corrected chi connectivity index (χ3v) is 2.78. The average molecular weight is 180 g/mol. The quantitative estimate of drug-likeness (QED) is 0.675. The summed E-state index contributed by atoms with van der Waals surface area (Å²) in [7, 11) is 0. The van der Waals surface area contributed by atoms with Crippen molar-refractivity contribution in [2.75, 3.05) is 0 Å². The maximum absolute atomic E-state index is 10.5.